The predicted molar refractivity (Wildman–Crippen MR) is 80.0 cm³/mol. The molecule has 0 bridgehead atoms. The van der Waals surface area contributed by atoms with Gasteiger partial charge in [-0.15, -0.1) is 0 Å². The molecule has 0 saturated carbocycles. The van der Waals surface area contributed by atoms with Crippen molar-refractivity contribution in [1.82, 2.24) is 15.1 Å². The lowest BCUT2D eigenvalue weighted by molar-refractivity contribution is -0.128. The van der Waals surface area contributed by atoms with Gasteiger partial charge in [0.1, 0.15) is 5.54 Å². The molecule has 1 unspecified atom stereocenters. The second-order valence-electron chi connectivity index (χ2n) is 6.19. The summed E-state index contributed by atoms with van der Waals surface area (Å²) in [5.41, 5.74) is -0.708. The van der Waals surface area contributed by atoms with Crippen LogP contribution in [0.1, 0.15) is 40.5 Å². The van der Waals surface area contributed by atoms with Crippen molar-refractivity contribution in [2.24, 2.45) is 0 Å². The summed E-state index contributed by atoms with van der Waals surface area (Å²) < 4.78 is 5.81. The number of hydrogen-bond donors (Lipinski definition) is 1. The molecule has 0 aliphatic carbocycles. The predicted octanol–water partition coefficient (Wildman–Crippen LogP) is 1.21. The van der Waals surface area contributed by atoms with Crippen LogP contribution in [0.4, 0.5) is 4.79 Å². The van der Waals surface area contributed by atoms with Gasteiger partial charge in [0.15, 0.2) is 0 Å². The van der Waals surface area contributed by atoms with Crippen LogP contribution in [0.5, 0.6) is 0 Å². The third-order valence-corrected chi connectivity index (χ3v) is 4.86. The molecule has 1 N–H and O–H groups in total. The lowest BCUT2D eigenvalue weighted by Gasteiger charge is -2.40. The molecule has 21 heavy (non-hydrogen) atoms. The Balaban J connectivity index is 2.09. The molecule has 6 heteroatoms. The van der Waals surface area contributed by atoms with E-state index in [9.17, 15) is 9.59 Å². The molecule has 0 aromatic carbocycles. The molecule has 6 nitrogen and oxygen atoms in total. The molecule has 0 spiro atoms. The van der Waals surface area contributed by atoms with Crippen LogP contribution in [0, 0.1) is 0 Å². The van der Waals surface area contributed by atoms with Gasteiger partial charge in [-0.05, 0) is 26.7 Å². The quantitative estimate of drug-likeness (QED) is 0.775. The summed E-state index contributed by atoms with van der Waals surface area (Å²) in [5, 5.41) is 2.46. The Morgan fingerprint density at radius 2 is 2.00 bits per heavy atom. The SMILES string of the molecule is CCC1(CC)C(=O)NC(=O)N1CC1CN(C(C)C)CCO1. The first-order chi connectivity index (χ1) is 9.94. The molecular weight excluding hydrogens is 270 g/mol. The first-order valence-electron chi connectivity index (χ1n) is 7.93. The zero-order valence-electron chi connectivity index (χ0n) is 13.5. The molecule has 2 rings (SSSR count). The normalized spacial score (nSPS) is 26.5. The minimum absolute atomic E-state index is 0.0322. The fourth-order valence-corrected chi connectivity index (χ4v) is 3.33. The Bertz CT molecular complexity index is 407. The number of imide groups is 1. The topological polar surface area (TPSA) is 61.9 Å². The molecular formula is C15H27N3O3. The molecule has 120 valence electrons. The van der Waals surface area contributed by atoms with Crippen molar-refractivity contribution in [1.29, 1.82) is 0 Å². The molecule has 2 fully saturated rings. The highest BCUT2D eigenvalue weighted by molar-refractivity contribution is 6.06. The van der Waals surface area contributed by atoms with E-state index in [0.29, 0.717) is 32.0 Å². The van der Waals surface area contributed by atoms with Crippen molar-refractivity contribution < 1.29 is 14.3 Å². The van der Waals surface area contributed by atoms with E-state index in [4.69, 9.17) is 4.74 Å². The average Bonchev–Trinajstić information content (AvgIpc) is 2.70. The summed E-state index contributed by atoms with van der Waals surface area (Å²) in [7, 11) is 0. The smallest absolute Gasteiger partial charge is 0.325 e. The van der Waals surface area contributed by atoms with E-state index in [0.717, 1.165) is 13.1 Å². The van der Waals surface area contributed by atoms with Crippen LogP contribution in [0.2, 0.25) is 0 Å². The first kappa shape index (κ1) is 16.2. The van der Waals surface area contributed by atoms with Gasteiger partial charge in [0.25, 0.3) is 5.91 Å². The van der Waals surface area contributed by atoms with Crippen molar-refractivity contribution in [3.8, 4) is 0 Å². The van der Waals surface area contributed by atoms with Gasteiger partial charge in [0, 0.05) is 19.1 Å². The van der Waals surface area contributed by atoms with E-state index in [1.165, 1.54) is 0 Å². The van der Waals surface area contributed by atoms with Crippen LogP contribution < -0.4 is 5.32 Å². The average molecular weight is 297 g/mol. The molecule has 2 heterocycles. The number of hydrogen-bond acceptors (Lipinski definition) is 4. The van der Waals surface area contributed by atoms with Gasteiger partial charge in [-0.3, -0.25) is 15.0 Å². The fraction of sp³-hybridized carbons (Fsp3) is 0.867. The van der Waals surface area contributed by atoms with Crippen LogP contribution in [0.3, 0.4) is 0 Å². The van der Waals surface area contributed by atoms with Crippen LogP contribution in [-0.2, 0) is 9.53 Å². The van der Waals surface area contributed by atoms with Crippen LogP contribution in [0.25, 0.3) is 0 Å². The highest BCUT2D eigenvalue weighted by Crippen LogP contribution is 2.30. The van der Waals surface area contributed by atoms with Crippen molar-refractivity contribution in [2.45, 2.75) is 58.2 Å². The second-order valence-corrected chi connectivity index (χ2v) is 6.19. The highest BCUT2D eigenvalue weighted by Gasteiger charge is 2.51. The van der Waals surface area contributed by atoms with Gasteiger partial charge in [-0.25, -0.2) is 4.79 Å². The van der Waals surface area contributed by atoms with Crippen LogP contribution >= 0.6 is 0 Å². The van der Waals surface area contributed by atoms with Gasteiger partial charge in [0.05, 0.1) is 19.3 Å². The standard InChI is InChI=1S/C15H27N3O3/c1-5-15(6-2)13(19)16-14(20)18(15)10-12-9-17(11(3)4)7-8-21-12/h11-12H,5-10H2,1-4H3,(H,16,19,20). The number of carbonyl (C=O) groups is 2. The molecule has 0 aromatic rings. The number of carbonyl (C=O) groups excluding carboxylic acids is 2. The molecule has 0 aromatic heterocycles. The lowest BCUT2D eigenvalue weighted by Crippen LogP contribution is -2.55. The Hall–Kier alpha value is -1.14. The van der Waals surface area contributed by atoms with E-state index < -0.39 is 5.54 Å². The molecule has 1 atom stereocenters. The monoisotopic (exact) mass is 297 g/mol. The number of nitrogens with zero attached hydrogens (tertiary/aromatic N) is 2. The van der Waals surface area contributed by atoms with E-state index in [1.807, 2.05) is 13.8 Å². The molecule has 2 aliphatic heterocycles. The summed E-state index contributed by atoms with van der Waals surface area (Å²) in [6.45, 7) is 11.1. The minimum Gasteiger partial charge on any atom is -0.374 e. The Morgan fingerprint density at radius 1 is 1.33 bits per heavy atom. The Morgan fingerprint density at radius 3 is 2.57 bits per heavy atom. The van der Waals surface area contributed by atoms with Crippen molar-refractivity contribution >= 4 is 11.9 Å². The summed E-state index contributed by atoms with van der Waals surface area (Å²) in [5.74, 6) is -0.172. The largest absolute Gasteiger partial charge is 0.374 e. The number of amides is 3. The highest BCUT2D eigenvalue weighted by atomic mass is 16.5. The van der Waals surface area contributed by atoms with Crippen molar-refractivity contribution in [3.05, 3.63) is 0 Å². The number of urea groups is 1. The Labute approximate surface area is 126 Å². The third kappa shape index (κ3) is 2.92. The van der Waals surface area contributed by atoms with Gasteiger partial charge in [-0.1, -0.05) is 13.8 Å². The zero-order valence-corrected chi connectivity index (χ0v) is 13.5. The number of rotatable bonds is 5. The van der Waals surface area contributed by atoms with Gasteiger partial charge >= 0.3 is 6.03 Å². The second kappa shape index (κ2) is 6.32. The van der Waals surface area contributed by atoms with Gasteiger partial charge in [-0.2, -0.15) is 0 Å². The maximum Gasteiger partial charge on any atom is 0.325 e. The van der Waals surface area contributed by atoms with E-state index >= 15 is 0 Å². The van der Waals surface area contributed by atoms with E-state index in [-0.39, 0.29) is 18.0 Å². The zero-order chi connectivity index (χ0) is 15.6. The van der Waals surface area contributed by atoms with E-state index in [2.05, 4.69) is 24.1 Å². The summed E-state index contributed by atoms with van der Waals surface area (Å²) >= 11 is 0. The maximum absolute atomic E-state index is 12.2. The fourth-order valence-electron chi connectivity index (χ4n) is 3.33. The maximum atomic E-state index is 12.2. The van der Waals surface area contributed by atoms with E-state index in [1.54, 1.807) is 4.90 Å². The minimum atomic E-state index is -0.708. The molecule has 0 radical (unpaired) electrons. The van der Waals surface area contributed by atoms with Crippen LogP contribution in [-0.4, -0.2) is 65.7 Å². The first-order valence-corrected chi connectivity index (χ1v) is 7.93. The van der Waals surface area contributed by atoms with Gasteiger partial charge in [0.2, 0.25) is 0 Å². The molecule has 2 saturated heterocycles. The molecule has 3 amide bonds. The summed E-state index contributed by atoms with van der Waals surface area (Å²) in [6, 6.07) is 0.182. The van der Waals surface area contributed by atoms with Crippen molar-refractivity contribution in [3.63, 3.8) is 0 Å². The van der Waals surface area contributed by atoms with Crippen LogP contribution in [0.15, 0.2) is 0 Å². The third-order valence-electron chi connectivity index (χ3n) is 4.86. The number of ether oxygens (including phenoxy) is 1. The molecule has 2 aliphatic rings. The van der Waals surface area contributed by atoms with Crippen molar-refractivity contribution in [2.75, 3.05) is 26.2 Å². The number of nitrogens with one attached hydrogen (secondary N) is 1. The summed E-state index contributed by atoms with van der Waals surface area (Å²) in [6.07, 6.45) is 1.22. The lowest BCUT2D eigenvalue weighted by atomic mass is 9.91. The number of morpholine rings is 1. The Kier molecular flexibility index (Phi) is 4.88. The summed E-state index contributed by atoms with van der Waals surface area (Å²) in [4.78, 5) is 28.3. The van der Waals surface area contributed by atoms with Gasteiger partial charge < -0.3 is 9.64 Å².